The van der Waals surface area contributed by atoms with Gasteiger partial charge in [-0.05, 0) is 18.2 Å². The molecular weight excluding hydrogens is 285 g/mol. The first-order valence-corrected chi connectivity index (χ1v) is 5.21. The van der Waals surface area contributed by atoms with E-state index in [2.05, 4.69) is 15.9 Å². The van der Waals surface area contributed by atoms with Crippen LogP contribution in [0.3, 0.4) is 0 Å². The zero-order valence-corrected chi connectivity index (χ0v) is 9.68. The summed E-state index contributed by atoms with van der Waals surface area (Å²) in [6.07, 6.45) is -3.60. The van der Waals surface area contributed by atoms with Crippen LogP contribution in [-0.2, 0) is 0 Å². The number of halogens is 4. The normalized spacial score (nSPS) is 12.0. The van der Waals surface area contributed by atoms with Crippen LogP contribution < -0.4 is 0 Å². The number of allylic oxidation sites excluding steroid dienone is 2. The third-order valence-corrected chi connectivity index (χ3v) is 2.22. The van der Waals surface area contributed by atoms with Gasteiger partial charge in [-0.3, -0.25) is 4.79 Å². The maximum atomic E-state index is 11.8. The van der Waals surface area contributed by atoms with E-state index in [0.717, 1.165) is 12.2 Å². The van der Waals surface area contributed by atoms with Crippen LogP contribution >= 0.6 is 15.9 Å². The summed E-state index contributed by atoms with van der Waals surface area (Å²) >= 11 is 3.17. The van der Waals surface area contributed by atoms with E-state index in [-0.39, 0.29) is 0 Å². The van der Waals surface area contributed by atoms with Crippen molar-refractivity contribution in [1.29, 1.82) is 0 Å². The lowest BCUT2D eigenvalue weighted by Gasteiger charge is -2.00. The first-order valence-electron chi connectivity index (χ1n) is 4.42. The highest BCUT2D eigenvalue weighted by atomic mass is 79.9. The molecule has 0 atom stereocenters. The van der Waals surface area contributed by atoms with E-state index in [1.165, 1.54) is 0 Å². The Balaban J connectivity index is 2.66. The summed E-state index contributed by atoms with van der Waals surface area (Å²) in [7, 11) is 0. The van der Waals surface area contributed by atoms with Crippen molar-refractivity contribution >= 4 is 21.7 Å². The van der Waals surface area contributed by atoms with Crippen molar-refractivity contribution in [2.24, 2.45) is 0 Å². The minimum absolute atomic E-state index is 0.354. The standard InChI is InChI=1S/C11H8BrF3O/c12-9-4-1-3-8(7-9)10(16)5-2-6-11(13,14)15/h1-5,7H,6H2/b5-2+. The third-order valence-electron chi connectivity index (χ3n) is 1.73. The van der Waals surface area contributed by atoms with E-state index in [1.807, 2.05) is 0 Å². The van der Waals surface area contributed by atoms with Crippen molar-refractivity contribution in [3.8, 4) is 0 Å². The fraction of sp³-hybridized carbons (Fsp3) is 0.182. The molecule has 1 rings (SSSR count). The molecule has 0 saturated carbocycles. The smallest absolute Gasteiger partial charge is 0.289 e. The minimum Gasteiger partial charge on any atom is -0.289 e. The van der Waals surface area contributed by atoms with E-state index >= 15 is 0 Å². The van der Waals surface area contributed by atoms with Crippen LogP contribution in [-0.4, -0.2) is 12.0 Å². The molecule has 0 aliphatic heterocycles. The Morgan fingerprint density at radius 2 is 2.06 bits per heavy atom. The summed E-state index contributed by atoms with van der Waals surface area (Å²) in [6, 6.07) is 6.48. The van der Waals surface area contributed by atoms with Crippen molar-refractivity contribution in [3.05, 3.63) is 46.5 Å². The van der Waals surface area contributed by atoms with E-state index in [1.54, 1.807) is 24.3 Å². The van der Waals surface area contributed by atoms with Gasteiger partial charge in [0.2, 0.25) is 0 Å². The molecule has 0 aliphatic carbocycles. The molecule has 0 radical (unpaired) electrons. The molecule has 1 aromatic carbocycles. The Bertz CT molecular complexity index is 410. The van der Waals surface area contributed by atoms with Gasteiger partial charge in [0.1, 0.15) is 0 Å². The lowest BCUT2D eigenvalue weighted by atomic mass is 10.1. The molecule has 0 spiro atoms. The van der Waals surface area contributed by atoms with Crippen molar-refractivity contribution in [3.63, 3.8) is 0 Å². The lowest BCUT2D eigenvalue weighted by molar-refractivity contribution is -0.125. The van der Waals surface area contributed by atoms with Gasteiger partial charge in [0.05, 0.1) is 6.42 Å². The number of rotatable bonds is 3. The van der Waals surface area contributed by atoms with E-state index in [4.69, 9.17) is 0 Å². The molecule has 0 fully saturated rings. The SMILES string of the molecule is O=C(/C=C/CC(F)(F)F)c1cccc(Br)c1. The highest BCUT2D eigenvalue weighted by Gasteiger charge is 2.24. The van der Waals surface area contributed by atoms with Gasteiger partial charge in [-0.25, -0.2) is 0 Å². The Hall–Kier alpha value is -1.10. The molecule has 0 aliphatic rings. The summed E-state index contributed by atoms with van der Waals surface area (Å²) in [5.74, 6) is -0.439. The topological polar surface area (TPSA) is 17.1 Å². The number of carbonyl (C=O) groups excluding carboxylic acids is 1. The fourth-order valence-electron chi connectivity index (χ4n) is 1.04. The van der Waals surface area contributed by atoms with Crippen LogP contribution in [0.5, 0.6) is 0 Å². The van der Waals surface area contributed by atoms with Gasteiger partial charge in [-0.2, -0.15) is 13.2 Å². The first-order chi connectivity index (χ1) is 7.38. The largest absolute Gasteiger partial charge is 0.392 e. The van der Waals surface area contributed by atoms with Crippen LogP contribution in [0.15, 0.2) is 40.9 Å². The molecule has 0 aromatic heterocycles. The molecule has 0 heterocycles. The molecular formula is C11H8BrF3O. The molecule has 0 amide bonds. The minimum atomic E-state index is -4.27. The monoisotopic (exact) mass is 292 g/mol. The summed E-state index contributed by atoms with van der Waals surface area (Å²) in [5.41, 5.74) is 0.354. The maximum absolute atomic E-state index is 11.8. The average molecular weight is 293 g/mol. The predicted octanol–water partition coefficient (Wildman–Crippen LogP) is 4.14. The summed E-state index contributed by atoms with van der Waals surface area (Å²) in [4.78, 5) is 11.4. The predicted molar refractivity (Wildman–Crippen MR) is 58.3 cm³/mol. The van der Waals surface area contributed by atoms with Crippen LogP contribution in [0, 0.1) is 0 Å². The molecule has 0 N–H and O–H groups in total. The number of benzene rings is 1. The second-order valence-electron chi connectivity index (χ2n) is 3.10. The van der Waals surface area contributed by atoms with Gasteiger partial charge in [-0.15, -0.1) is 0 Å². The summed E-state index contributed by atoms with van der Waals surface area (Å²) in [6.45, 7) is 0. The highest BCUT2D eigenvalue weighted by Crippen LogP contribution is 2.20. The first kappa shape index (κ1) is 13.0. The molecule has 0 saturated heterocycles. The number of carbonyl (C=O) groups is 1. The Labute approximate surface area is 99.1 Å². The Morgan fingerprint density at radius 1 is 1.38 bits per heavy atom. The third kappa shape index (κ3) is 4.61. The van der Waals surface area contributed by atoms with E-state index in [9.17, 15) is 18.0 Å². The summed E-state index contributed by atoms with van der Waals surface area (Å²) < 4.78 is 36.1. The molecule has 5 heteroatoms. The second kappa shape index (κ2) is 5.30. The van der Waals surface area contributed by atoms with Crippen molar-refractivity contribution in [1.82, 2.24) is 0 Å². The van der Waals surface area contributed by atoms with Crippen LogP contribution in [0.1, 0.15) is 16.8 Å². The van der Waals surface area contributed by atoms with Crippen LogP contribution in [0.25, 0.3) is 0 Å². The molecule has 0 unspecified atom stereocenters. The van der Waals surface area contributed by atoms with Crippen LogP contribution in [0.2, 0.25) is 0 Å². The molecule has 86 valence electrons. The Kier molecular flexibility index (Phi) is 4.29. The number of ketones is 1. The van der Waals surface area contributed by atoms with Crippen molar-refractivity contribution in [2.75, 3.05) is 0 Å². The molecule has 16 heavy (non-hydrogen) atoms. The lowest BCUT2D eigenvalue weighted by Crippen LogP contribution is -2.04. The van der Waals surface area contributed by atoms with Gasteiger partial charge >= 0.3 is 6.18 Å². The van der Waals surface area contributed by atoms with Crippen molar-refractivity contribution in [2.45, 2.75) is 12.6 Å². The quantitative estimate of drug-likeness (QED) is 0.604. The Morgan fingerprint density at radius 3 is 2.62 bits per heavy atom. The number of hydrogen-bond acceptors (Lipinski definition) is 1. The molecule has 1 aromatic rings. The van der Waals surface area contributed by atoms with E-state index < -0.39 is 18.4 Å². The van der Waals surface area contributed by atoms with Gasteiger partial charge in [0.25, 0.3) is 0 Å². The number of alkyl halides is 3. The fourth-order valence-corrected chi connectivity index (χ4v) is 1.44. The highest BCUT2D eigenvalue weighted by molar-refractivity contribution is 9.10. The summed E-state index contributed by atoms with van der Waals surface area (Å²) in [5, 5.41) is 0. The van der Waals surface area contributed by atoms with E-state index in [0.29, 0.717) is 10.0 Å². The maximum Gasteiger partial charge on any atom is 0.392 e. The zero-order valence-electron chi connectivity index (χ0n) is 8.09. The van der Waals surface area contributed by atoms with Gasteiger partial charge < -0.3 is 0 Å². The molecule has 0 bridgehead atoms. The molecule has 1 nitrogen and oxygen atoms in total. The second-order valence-corrected chi connectivity index (χ2v) is 4.01. The average Bonchev–Trinajstić information content (AvgIpc) is 2.15. The van der Waals surface area contributed by atoms with Gasteiger partial charge in [-0.1, -0.05) is 34.1 Å². The zero-order chi connectivity index (χ0) is 12.2. The van der Waals surface area contributed by atoms with Crippen LogP contribution in [0.4, 0.5) is 13.2 Å². The van der Waals surface area contributed by atoms with Crippen molar-refractivity contribution < 1.29 is 18.0 Å². The van der Waals surface area contributed by atoms with Gasteiger partial charge in [0, 0.05) is 10.0 Å². The number of hydrogen-bond donors (Lipinski definition) is 0. The van der Waals surface area contributed by atoms with Gasteiger partial charge in [0.15, 0.2) is 5.78 Å².